The first-order chi connectivity index (χ1) is 4.33. The van der Waals surface area contributed by atoms with E-state index >= 15 is 0 Å². The average Bonchev–Trinajstić information content (AvgIpc) is 1.90. The molecule has 9 heavy (non-hydrogen) atoms. The van der Waals surface area contributed by atoms with Crippen LogP contribution in [0.25, 0.3) is 4.85 Å². The van der Waals surface area contributed by atoms with Gasteiger partial charge in [-0.25, -0.2) is 0 Å². The van der Waals surface area contributed by atoms with Crippen molar-refractivity contribution in [3.05, 3.63) is 28.2 Å². The zero-order valence-electron chi connectivity index (χ0n) is 4.37. The smallest absolute Gasteiger partial charge is 0.296 e. The third kappa shape index (κ3) is 1.47. The lowest BCUT2D eigenvalue weighted by atomic mass is 10.5. The fraction of sp³-hybridized carbons (Fsp3) is 0. The Morgan fingerprint density at radius 2 is 2.22 bits per heavy atom. The molecule has 0 radical (unpaired) electrons. The van der Waals surface area contributed by atoms with E-state index in [1.165, 1.54) is 0 Å². The highest BCUT2D eigenvalue weighted by Crippen LogP contribution is 2.08. The van der Waals surface area contributed by atoms with Crippen molar-refractivity contribution in [3.8, 4) is 0 Å². The van der Waals surface area contributed by atoms with E-state index in [1.54, 1.807) is 12.1 Å². The van der Waals surface area contributed by atoms with Crippen LogP contribution in [0.1, 0.15) is 0 Å². The largest absolute Gasteiger partial charge is 0.359 e. The van der Waals surface area contributed by atoms with Crippen molar-refractivity contribution in [3.63, 3.8) is 0 Å². The van der Waals surface area contributed by atoms with Crippen molar-refractivity contribution in [1.29, 1.82) is 0 Å². The Hall–Kier alpha value is -0.950. The maximum Gasteiger partial charge on any atom is 0.296 e. The van der Waals surface area contributed by atoms with E-state index in [1.807, 2.05) is 0 Å². The molecule has 0 aromatic carbocycles. The quantitative estimate of drug-likeness (QED) is 0.575. The Morgan fingerprint density at radius 1 is 1.44 bits per heavy atom. The van der Waals surface area contributed by atoms with Crippen molar-refractivity contribution < 1.29 is 0 Å². The lowest BCUT2D eigenvalue weighted by molar-refractivity contribution is 1.02. The van der Waals surface area contributed by atoms with E-state index in [9.17, 15) is 0 Å². The Kier molecular flexibility index (Phi) is 1.75. The first-order valence-corrected chi connectivity index (χ1v) is 2.99. The fourth-order valence-electron chi connectivity index (χ4n) is 0.369. The predicted molar refractivity (Wildman–Crippen MR) is 36.0 cm³/mol. The minimum atomic E-state index is 0.318. The highest BCUT2D eigenvalue weighted by atomic mass is 79.9. The number of hydrogen-bond acceptors (Lipinski definition) is 2. The molecule has 0 N–H and O–H groups in total. The summed E-state index contributed by atoms with van der Waals surface area (Å²) in [4.78, 5) is 3.07. The fourth-order valence-corrected chi connectivity index (χ4v) is 0.580. The summed E-state index contributed by atoms with van der Waals surface area (Å²) in [5.41, 5.74) is 0. The number of nitrogens with zero attached hydrogens (tertiary/aromatic N) is 3. The van der Waals surface area contributed by atoms with E-state index in [4.69, 9.17) is 6.57 Å². The topological polar surface area (TPSA) is 30.1 Å². The van der Waals surface area contributed by atoms with E-state index in [0.29, 0.717) is 10.4 Å². The second-order valence-electron chi connectivity index (χ2n) is 1.33. The van der Waals surface area contributed by atoms with Gasteiger partial charge in [-0.15, -0.1) is 0 Å². The standard InChI is InChI=1S/C5H2BrN3/c1-7-5-3-2-4(6)8-9-5/h2-3H. The molecule has 0 spiro atoms. The molecule has 1 aromatic heterocycles. The summed E-state index contributed by atoms with van der Waals surface area (Å²) in [7, 11) is 0. The molecule has 0 bridgehead atoms. The van der Waals surface area contributed by atoms with Crippen LogP contribution < -0.4 is 0 Å². The van der Waals surface area contributed by atoms with Crippen LogP contribution in [0.15, 0.2) is 16.7 Å². The van der Waals surface area contributed by atoms with Crippen molar-refractivity contribution in [1.82, 2.24) is 10.2 Å². The molecule has 1 aromatic rings. The van der Waals surface area contributed by atoms with E-state index in [0.717, 1.165) is 0 Å². The van der Waals surface area contributed by atoms with Gasteiger partial charge in [0.25, 0.3) is 5.82 Å². The maximum absolute atomic E-state index is 6.52. The predicted octanol–water partition coefficient (Wildman–Crippen LogP) is 1.79. The van der Waals surface area contributed by atoms with Gasteiger partial charge < -0.3 is 4.85 Å². The van der Waals surface area contributed by atoms with Crippen molar-refractivity contribution in [2.45, 2.75) is 0 Å². The van der Waals surface area contributed by atoms with Crippen LogP contribution in [0.5, 0.6) is 0 Å². The number of rotatable bonds is 0. The Morgan fingerprint density at radius 3 is 2.67 bits per heavy atom. The second kappa shape index (κ2) is 2.55. The molecular formula is C5H2BrN3. The van der Waals surface area contributed by atoms with Crippen LogP contribution in [0.2, 0.25) is 0 Å². The molecule has 0 unspecified atom stereocenters. The van der Waals surface area contributed by atoms with Gasteiger partial charge in [0.15, 0.2) is 4.60 Å². The Labute approximate surface area is 60.7 Å². The summed E-state index contributed by atoms with van der Waals surface area (Å²) < 4.78 is 0.648. The van der Waals surface area contributed by atoms with Gasteiger partial charge in [-0.3, -0.25) is 0 Å². The third-order valence-electron chi connectivity index (χ3n) is 0.732. The lowest BCUT2D eigenvalue weighted by Gasteiger charge is -1.82. The van der Waals surface area contributed by atoms with Gasteiger partial charge in [-0.05, 0) is 38.3 Å². The number of hydrogen-bond donors (Lipinski definition) is 0. The van der Waals surface area contributed by atoms with Crippen LogP contribution in [0, 0.1) is 6.57 Å². The minimum Gasteiger partial charge on any atom is -0.359 e. The molecule has 4 heteroatoms. The first kappa shape index (κ1) is 6.17. The molecule has 0 aliphatic rings. The highest BCUT2D eigenvalue weighted by Gasteiger charge is 1.92. The van der Waals surface area contributed by atoms with Gasteiger partial charge >= 0.3 is 0 Å². The van der Waals surface area contributed by atoms with E-state index in [-0.39, 0.29) is 0 Å². The van der Waals surface area contributed by atoms with Crippen LogP contribution >= 0.6 is 15.9 Å². The second-order valence-corrected chi connectivity index (χ2v) is 2.14. The average molecular weight is 184 g/mol. The zero-order chi connectivity index (χ0) is 6.69. The molecule has 1 heterocycles. The molecule has 0 saturated carbocycles. The molecular weight excluding hydrogens is 182 g/mol. The number of halogens is 1. The van der Waals surface area contributed by atoms with Gasteiger partial charge in [0.05, 0.1) is 0 Å². The monoisotopic (exact) mass is 183 g/mol. The van der Waals surface area contributed by atoms with E-state index < -0.39 is 0 Å². The van der Waals surface area contributed by atoms with Crippen molar-refractivity contribution in [2.24, 2.45) is 0 Å². The zero-order valence-corrected chi connectivity index (χ0v) is 5.96. The highest BCUT2D eigenvalue weighted by molar-refractivity contribution is 9.10. The molecule has 44 valence electrons. The van der Waals surface area contributed by atoms with Gasteiger partial charge in [-0.1, -0.05) is 6.57 Å². The van der Waals surface area contributed by atoms with Gasteiger partial charge in [-0.2, -0.15) is 0 Å². The van der Waals surface area contributed by atoms with Crippen LogP contribution in [-0.2, 0) is 0 Å². The van der Waals surface area contributed by atoms with Gasteiger partial charge in [0.1, 0.15) is 0 Å². The normalized spacial score (nSPS) is 8.44. The summed E-state index contributed by atoms with van der Waals surface area (Å²) in [6, 6.07) is 3.28. The first-order valence-electron chi connectivity index (χ1n) is 2.19. The Bertz CT molecular complexity index is 235. The maximum atomic E-state index is 6.52. The van der Waals surface area contributed by atoms with Gasteiger partial charge in [0.2, 0.25) is 0 Å². The molecule has 0 atom stereocenters. The van der Waals surface area contributed by atoms with Crippen molar-refractivity contribution >= 4 is 21.7 Å². The van der Waals surface area contributed by atoms with Crippen LogP contribution in [-0.4, -0.2) is 10.2 Å². The molecule has 0 amide bonds. The summed E-state index contributed by atoms with van der Waals surface area (Å²) in [6.45, 7) is 6.52. The summed E-state index contributed by atoms with van der Waals surface area (Å²) in [6.07, 6.45) is 0. The van der Waals surface area contributed by atoms with Crippen molar-refractivity contribution in [2.75, 3.05) is 0 Å². The molecule has 0 fully saturated rings. The molecule has 0 aliphatic heterocycles. The summed E-state index contributed by atoms with van der Waals surface area (Å²) in [5, 5.41) is 7.15. The lowest BCUT2D eigenvalue weighted by Crippen LogP contribution is -1.77. The minimum absolute atomic E-state index is 0.318. The van der Waals surface area contributed by atoms with Crippen LogP contribution in [0.4, 0.5) is 5.82 Å². The summed E-state index contributed by atoms with van der Waals surface area (Å²) >= 11 is 3.10. The molecule has 1 rings (SSSR count). The third-order valence-corrected chi connectivity index (χ3v) is 1.16. The number of aromatic nitrogens is 2. The molecule has 3 nitrogen and oxygen atoms in total. The van der Waals surface area contributed by atoms with Crippen LogP contribution in [0.3, 0.4) is 0 Å². The molecule has 0 aliphatic carbocycles. The van der Waals surface area contributed by atoms with E-state index in [2.05, 4.69) is 31.0 Å². The Balaban J connectivity index is 3.06. The SMILES string of the molecule is [C-]#[N+]c1ccc(Br)nn1. The molecule has 0 saturated heterocycles. The summed E-state index contributed by atoms with van der Waals surface area (Å²) in [5.74, 6) is 0.318. The van der Waals surface area contributed by atoms with Gasteiger partial charge in [0, 0.05) is 0 Å².